The van der Waals surface area contributed by atoms with E-state index < -0.39 is 10.0 Å². The molecule has 0 aliphatic carbocycles. The molecular weight excluding hydrogens is 504 g/mol. The lowest BCUT2D eigenvalue weighted by molar-refractivity contribution is 0.180. The van der Waals surface area contributed by atoms with Gasteiger partial charge in [0.1, 0.15) is 5.75 Å². The van der Waals surface area contributed by atoms with Crippen LogP contribution in [0.2, 0.25) is 0 Å². The van der Waals surface area contributed by atoms with Crippen LogP contribution in [0.1, 0.15) is 38.4 Å². The number of ether oxygens (including phenoxy) is 3. The normalized spacial score (nSPS) is 16.3. The summed E-state index contributed by atoms with van der Waals surface area (Å²) in [4.78, 5) is 11.9. The molecule has 38 heavy (non-hydrogen) atoms. The number of nitrogens with one attached hydrogen (secondary N) is 1. The molecule has 1 aliphatic rings. The lowest BCUT2D eigenvalue weighted by atomic mass is 9.83. The Balaban J connectivity index is 1.83. The molecule has 4 rings (SSSR count). The smallest absolute Gasteiger partial charge is 0.221 e. The molecule has 2 aromatic heterocycles. The minimum Gasteiger partial charge on any atom is -0.496 e. The highest BCUT2D eigenvalue weighted by molar-refractivity contribution is 7.88. The molecule has 0 amide bonds. The molecule has 9 nitrogen and oxygen atoms in total. The lowest BCUT2D eigenvalue weighted by Gasteiger charge is -2.26. The van der Waals surface area contributed by atoms with Crippen LogP contribution in [0.3, 0.4) is 0 Å². The molecule has 206 valence electrons. The largest absolute Gasteiger partial charge is 0.496 e. The number of pyridine rings is 2. The molecule has 1 saturated heterocycles. The zero-order valence-electron chi connectivity index (χ0n) is 23.3. The van der Waals surface area contributed by atoms with Crippen LogP contribution in [0.4, 0.5) is 5.69 Å². The molecule has 1 aromatic carbocycles. The van der Waals surface area contributed by atoms with Crippen molar-refractivity contribution in [2.24, 2.45) is 5.92 Å². The summed E-state index contributed by atoms with van der Waals surface area (Å²) in [6, 6.07) is 8.21. The summed E-state index contributed by atoms with van der Waals surface area (Å²) in [6.07, 6.45) is 3.98. The number of methoxy groups -OCH3 is 3. The number of fused-ring (bicyclic) bond motifs is 1. The van der Waals surface area contributed by atoms with Gasteiger partial charge in [0.2, 0.25) is 15.9 Å². The first kappa shape index (κ1) is 28.1. The van der Waals surface area contributed by atoms with Crippen molar-refractivity contribution in [1.82, 2.24) is 14.7 Å². The molecule has 10 heteroatoms. The quantitative estimate of drug-likeness (QED) is 0.431. The fraction of sp³-hybridized carbons (Fsp3) is 0.500. The third kappa shape index (κ3) is 6.03. The number of anilines is 1. The van der Waals surface area contributed by atoms with E-state index in [-0.39, 0.29) is 11.3 Å². The van der Waals surface area contributed by atoms with E-state index in [1.54, 1.807) is 21.3 Å². The standard InChI is InChI=1S/C28H38N4O5S/c1-28(2,3)24-13-22(21-9-8-19(17-35-4)31-27(21)37-6)25-23(26(24)36-5)12-20(15-29-25)32-11-10-18(16-32)14-30-38(7,33)34/h8-9,12-13,15,18,30H,10-11,14,16-17H2,1-7H3. The van der Waals surface area contributed by atoms with Crippen molar-refractivity contribution in [3.05, 3.63) is 41.7 Å². The van der Waals surface area contributed by atoms with Crippen LogP contribution in [0.25, 0.3) is 22.0 Å². The molecule has 0 saturated carbocycles. The molecule has 0 bridgehead atoms. The molecule has 0 spiro atoms. The van der Waals surface area contributed by atoms with Gasteiger partial charge in [0.15, 0.2) is 0 Å². The van der Waals surface area contributed by atoms with Crippen LogP contribution < -0.4 is 19.1 Å². The van der Waals surface area contributed by atoms with Crippen molar-refractivity contribution in [2.75, 3.05) is 52.1 Å². The highest BCUT2D eigenvalue weighted by atomic mass is 32.2. The maximum atomic E-state index is 11.5. The van der Waals surface area contributed by atoms with E-state index >= 15 is 0 Å². The minimum atomic E-state index is -3.21. The third-order valence-corrected chi connectivity index (χ3v) is 7.59. The van der Waals surface area contributed by atoms with E-state index in [2.05, 4.69) is 47.5 Å². The van der Waals surface area contributed by atoms with Crippen LogP contribution in [0.15, 0.2) is 30.5 Å². The molecule has 1 atom stereocenters. The van der Waals surface area contributed by atoms with Crippen molar-refractivity contribution in [1.29, 1.82) is 0 Å². The Morgan fingerprint density at radius 3 is 2.50 bits per heavy atom. The maximum absolute atomic E-state index is 11.5. The zero-order valence-corrected chi connectivity index (χ0v) is 24.1. The highest BCUT2D eigenvalue weighted by Crippen LogP contribution is 2.44. The Hall–Kier alpha value is -2.95. The number of nitrogens with zero attached hydrogens (tertiary/aromatic N) is 3. The predicted molar refractivity (Wildman–Crippen MR) is 151 cm³/mol. The molecule has 1 unspecified atom stereocenters. The summed E-state index contributed by atoms with van der Waals surface area (Å²) in [5.41, 5.74) is 5.19. The first-order chi connectivity index (χ1) is 17.9. The second-order valence-electron chi connectivity index (χ2n) is 10.9. The van der Waals surface area contributed by atoms with Crippen molar-refractivity contribution >= 4 is 26.6 Å². The number of sulfonamides is 1. The van der Waals surface area contributed by atoms with E-state index in [9.17, 15) is 8.42 Å². The van der Waals surface area contributed by atoms with Gasteiger partial charge in [-0.25, -0.2) is 18.1 Å². The summed E-state index contributed by atoms with van der Waals surface area (Å²) in [7, 11) is 1.74. The average Bonchev–Trinajstić information content (AvgIpc) is 3.34. The highest BCUT2D eigenvalue weighted by Gasteiger charge is 2.28. The van der Waals surface area contributed by atoms with Crippen molar-refractivity contribution in [3.8, 4) is 22.8 Å². The van der Waals surface area contributed by atoms with Gasteiger partial charge in [-0.2, -0.15) is 0 Å². The monoisotopic (exact) mass is 542 g/mol. The van der Waals surface area contributed by atoms with Gasteiger partial charge in [-0.1, -0.05) is 20.8 Å². The molecule has 1 aliphatic heterocycles. The molecule has 0 radical (unpaired) electrons. The number of aromatic nitrogens is 2. The molecule has 1 N–H and O–H groups in total. The fourth-order valence-corrected chi connectivity index (χ4v) is 5.53. The van der Waals surface area contributed by atoms with Gasteiger partial charge in [-0.3, -0.25) is 4.98 Å². The molecule has 3 aromatic rings. The first-order valence-corrected chi connectivity index (χ1v) is 14.6. The predicted octanol–water partition coefficient (Wildman–Crippen LogP) is 4.13. The Morgan fingerprint density at radius 1 is 1.11 bits per heavy atom. The molecule has 3 heterocycles. The van der Waals surface area contributed by atoms with Gasteiger partial charge in [0.25, 0.3) is 0 Å². The maximum Gasteiger partial charge on any atom is 0.221 e. The van der Waals surface area contributed by atoms with Gasteiger partial charge < -0.3 is 19.1 Å². The van der Waals surface area contributed by atoms with Crippen molar-refractivity contribution in [2.45, 2.75) is 39.2 Å². The van der Waals surface area contributed by atoms with Gasteiger partial charge in [0.05, 0.1) is 50.2 Å². The topological polar surface area (TPSA) is 103 Å². The van der Waals surface area contributed by atoms with Crippen LogP contribution in [0, 0.1) is 5.92 Å². The number of hydrogen-bond acceptors (Lipinski definition) is 8. The first-order valence-electron chi connectivity index (χ1n) is 12.7. The Kier molecular flexibility index (Phi) is 8.15. The fourth-order valence-electron chi connectivity index (χ4n) is 4.99. The summed E-state index contributed by atoms with van der Waals surface area (Å²) in [5.74, 6) is 1.54. The van der Waals surface area contributed by atoms with Crippen LogP contribution in [0.5, 0.6) is 11.6 Å². The summed E-state index contributed by atoms with van der Waals surface area (Å²) >= 11 is 0. The van der Waals surface area contributed by atoms with E-state index in [1.165, 1.54) is 6.26 Å². The van der Waals surface area contributed by atoms with E-state index in [0.29, 0.717) is 19.0 Å². The van der Waals surface area contributed by atoms with E-state index in [1.807, 2.05) is 18.3 Å². The molecule has 1 fully saturated rings. The summed E-state index contributed by atoms with van der Waals surface area (Å²) < 4.78 is 42.7. The van der Waals surface area contributed by atoms with Crippen LogP contribution >= 0.6 is 0 Å². The zero-order chi connectivity index (χ0) is 27.7. The second-order valence-corrected chi connectivity index (χ2v) is 12.7. The van der Waals surface area contributed by atoms with Crippen LogP contribution in [-0.2, 0) is 26.8 Å². The number of hydrogen-bond donors (Lipinski definition) is 1. The van der Waals surface area contributed by atoms with Gasteiger partial charge in [-0.05, 0) is 42.0 Å². The Morgan fingerprint density at radius 2 is 1.87 bits per heavy atom. The van der Waals surface area contributed by atoms with Crippen LogP contribution in [-0.4, -0.2) is 65.6 Å². The van der Waals surface area contributed by atoms with Gasteiger partial charge >= 0.3 is 0 Å². The van der Waals surface area contributed by atoms with Gasteiger partial charge in [0, 0.05) is 48.8 Å². The molecular formula is C28H38N4O5S. The second kappa shape index (κ2) is 11.0. The number of rotatable bonds is 9. The number of benzene rings is 1. The lowest BCUT2D eigenvalue weighted by Crippen LogP contribution is -2.30. The van der Waals surface area contributed by atoms with E-state index in [4.69, 9.17) is 19.2 Å². The minimum absolute atomic E-state index is 0.197. The summed E-state index contributed by atoms with van der Waals surface area (Å²) in [5, 5.41) is 0.910. The SMILES string of the molecule is COCc1ccc(-c2cc(C(C)(C)C)c(OC)c3cc(N4CCC(CNS(C)(=O)=O)C4)cnc23)c(OC)n1. The van der Waals surface area contributed by atoms with Crippen molar-refractivity contribution in [3.63, 3.8) is 0 Å². The Labute approximate surface area is 225 Å². The Bertz CT molecular complexity index is 1420. The average molecular weight is 543 g/mol. The third-order valence-electron chi connectivity index (χ3n) is 6.90. The summed E-state index contributed by atoms with van der Waals surface area (Å²) in [6.45, 7) is 8.90. The van der Waals surface area contributed by atoms with Crippen molar-refractivity contribution < 1.29 is 22.6 Å². The van der Waals surface area contributed by atoms with E-state index in [0.717, 1.165) is 64.2 Å². The van der Waals surface area contributed by atoms with Gasteiger partial charge in [-0.15, -0.1) is 0 Å².